The molecule has 2 aromatic rings. The molecule has 25 heavy (non-hydrogen) atoms. The van der Waals surface area contributed by atoms with Crippen molar-refractivity contribution in [2.75, 3.05) is 6.61 Å². The van der Waals surface area contributed by atoms with Gasteiger partial charge in [-0.1, -0.05) is 49.4 Å². The minimum absolute atomic E-state index is 0.194. The van der Waals surface area contributed by atoms with Gasteiger partial charge >= 0.3 is 0 Å². The number of aliphatic hydroxyl groups excluding tert-OH is 2. The van der Waals surface area contributed by atoms with E-state index in [2.05, 4.69) is 0 Å². The molecule has 0 aliphatic carbocycles. The molecule has 0 heterocycles. The maximum absolute atomic E-state index is 11.2. The molecule has 0 aliphatic rings. The van der Waals surface area contributed by atoms with Crippen LogP contribution in [0.1, 0.15) is 30.9 Å². The Kier molecular flexibility index (Phi) is 6.56. The first kappa shape index (κ1) is 19.0. The second-order valence-corrected chi connectivity index (χ2v) is 6.15. The highest BCUT2D eigenvalue weighted by molar-refractivity contribution is 5.74. The molecule has 0 radical (unpaired) electrons. The number of hydrogen-bond donors (Lipinski definition) is 3. The third-order valence-electron chi connectivity index (χ3n) is 4.62. The zero-order valence-electron chi connectivity index (χ0n) is 14.4. The van der Waals surface area contributed by atoms with Crippen molar-refractivity contribution < 1.29 is 19.7 Å². The van der Waals surface area contributed by atoms with E-state index in [0.29, 0.717) is 18.8 Å². The van der Waals surface area contributed by atoms with Gasteiger partial charge < -0.3 is 20.7 Å². The predicted molar refractivity (Wildman–Crippen MR) is 96.1 cm³/mol. The Hall–Kier alpha value is -2.37. The van der Waals surface area contributed by atoms with Gasteiger partial charge in [0, 0.05) is 5.41 Å². The monoisotopic (exact) mass is 343 g/mol. The molecular weight excluding hydrogens is 318 g/mol. The highest BCUT2D eigenvalue weighted by Crippen LogP contribution is 2.34. The first-order valence-corrected chi connectivity index (χ1v) is 8.36. The van der Waals surface area contributed by atoms with E-state index in [0.717, 1.165) is 11.1 Å². The summed E-state index contributed by atoms with van der Waals surface area (Å²) >= 11 is 0. The number of primary amides is 1. The summed E-state index contributed by atoms with van der Waals surface area (Å²) in [7, 11) is 0. The fourth-order valence-corrected chi connectivity index (χ4v) is 2.95. The molecule has 0 bridgehead atoms. The van der Waals surface area contributed by atoms with E-state index >= 15 is 0 Å². The molecule has 0 fully saturated rings. The maximum atomic E-state index is 11.2. The van der Waals surface area contributed by atoms with E-state index in [4.69, 9.17) is 10.5 Å². The summed E-state index contributed by atoms with van der Waals surface area (Å²) in [6.07, 6.45) is -0.765. The first-order valence-electron chi connectivity index (χ1n) is 8.36. The summed E-state index contributed by atoms with van der Waals surface area (Å²) in [6.45, 7) is 2.05. The van der Waals surface area contributed by atoms with Gasteiger partial charge in [0.15, 0.2) is 0 Å². The van der Waals surface area contributed by atoms with Gasteiger partial charge in [0.2, 0.25) is 5.91 Å². The number of amides is 1. The average molecular weight is 343 g/mol. The van der Waals surface area contributed by atoms with Crippen molar-refractivity contribution >= 4 is 5.91 Å². The first-order chi connectivity index (χ1) is 12.0. The molecule has 4 N–H and O–H groups in total. The third-order valence-corrected chi connectivity index (χ3v) is 4.62. The minimum atomic E-state index is -1.05. The summed E-state index contributed by atoms with van der Waals surface area (Å²) in [6, 6.07) is 17.1. The summed E-state index contributed by atoms with van der Waals surface area (Å²) in [5, 5.41) is 20.3. The third kappa shape index (κ3) is 4.59. The van der Waals surface area contributed by atoms with Crippen LogP contribution in [0, 0.1) is 0 Å². The van der Waals surface area contributed by atoms with E-state index in [-0.39, 0.29) is 13.0 Å². The number of aliphatic hydroxyl groups is 2. The van der Waals surface area contributed by atoms with Gasteiger partial charge in [-0.25, -0.2) is 0 Å². The van der Waals surface area contributed by atoms with Gasteiger partial charge in [0.1, 0.15) is 12.4 Å². The van der Waals surface area contributed by atoms with Crippen LogP contribution in [-0.2, 0) is 16.8 Å². The predicted octanol–water partition coefficient (Wildman–Crippen LogP) is 2.14. The SMILES string of the molecule is CCC(CO)(c1ccc(OCc2ccccc2)cc1)C(O)CC(N)=O. The van der Waals surface area contributed by atoms with Crippen molar-refractivity contribution in [2.24, 2.45) is 5.73 Å². The van der Waals surface area contributed by atoms with E-state index in [1.807, 2.05) is 49.4 Å². The molecule has 2 aromatic carbocycles. The molecular formula is C20H25NO4. The van der Waals surface area contributed by atoms with Crippen molar-refractivity contribution in [3.05, 3.63) is 65.7 Å². The summed E-state index contributed by atoms with van der Waals surface area (Å²) in [5.74, 6) is 0.0986. The summed E-state index contributed by atoms with van der Waals surface area (Å²) in [4.78, 5) is 11.2. The van der Waals surface area contributed by atoms with Gasteiger partial charge in [-0.3, -0.25) is 4.79 Å². The number of hydrogen-bond acceptors (Lipinski definition) is 4. The zero-order chi connectivity index (χ0) is 18.3. The van der Waals surface area contributed by atoms with Gasteiger partial charge in [-0.15, -0.1) is 0 Å². The lowest BCUT2D eigenvalue weighted by Crippen LogP contribution is -2.44. The molecule has 1 amide bonds. The number of nitrogens with two attached hydrogens (primary N) is 1. The Labute approximate surface area is 148 Å². The van der Waals surface area contributed by atoms with Crippen LogP contribution in [0.5, 0.6) is 5.75 Å². The molecule has 2 atom stereocenters. The summed E-state index contributed by atoms with van der Waals surface area (Å²) < 4.78 is 5.75. The fraction of sp³-hybridized carbons (Fsp3) is 0.350. The van der Waals surface area contributed by atoms with E-state index in [1.54, 1.807) is 12.1 Å². The van der Waals surface area contributed by atoms with Crippen LogP contribution in [0.4, 0.5) is 0 Å². The standard InChI is InChI=1S/C20H25NO4/c1-2-20(14-22,18(23)12-19(21)24)16-8-10-17(11-9-16)25-13-15-6-4-3-5-7-15/h3-11,18,22-23H,2,12-14H2,1H3,(H2,21,24). The molecule has 0 saturated carbocycles. The average Bonchev–Trinajstić information content (AvgIpc) is 2.63. The minimum Gasteiger partial charge on any atom is -0.489 e. The normalized spacial score (nSPS) is 14.5. The topological polar surface area (TPSA) is 92.8 Å². The Bertz CT molecular complexity index is 666. The Balaban J connectivity index is 2.13. The smallest absolute Gasteiger partial charge is 0.220 e. The molecule has 0 aliphatic heterocycles. The quantitative estimate of drug-likeness (QED) is 0.650. The lowest BCUT2D eigenvalue weighted by Gasteiger charge is -2.36. The van der Waals surface area contributed by atoms with Crippen molar-refractivity contribution in [2.45, 2.75) is 37.9 Å². The second-order valence-electron chi connectivity index (χ2n) is 6.15. The van der Waals surface area contributed by atoms with Gasteiger partial charge in [-0.2, -0.15) is 0 Å². The Morgan fingerprint density at radius 3 is 2.32 bits per heavy atom. The molecule has 0 spiro atoms. The van der Waals surface area contributed by atoms with Crippen LogP contribution in [-0.4, -0.2) is 28.8 Å². The molecule has 5 nitrogen and oxygen atoms in total. The number of rotatable bonds is 9. The second kappa shape index (κ2) is 8.65. The number of carbonyl (C=O) groups excluding carboxylic acids is 1. The van der Waals surface area contributed by atoms with Crippen molar-refractivity contribution in [3.8, 4) is 5.75 Å². The zero-order valence-corrected chi connectivity index (χ0v) is 14.4. The molecule has 0 aromatic heterocycles. The van der Waals surface area contributed by atoms with Crippen molar-refractivity contribution in [3.63, 3.8) is 0 Å². The van der Waals surface area contributed by atoms with Crippen LogP contribution >= 0.6 is 0 Å². The largest absolute Gasteiger partial charge is 0.489 e. The molecule has 0 saturated heterocycles. The van der Waals surface area contributed by atoms with Crippen molar-refractivity contribution in [1.82, 2.24) is 0 Å². The maximum Gasteiger partial charge on any atom is 0.220 e. The van der Waals surface area contributed by atoms with Crippen LogP contribution < -0.4 is 10.5 Å². The molecule has 2 unspecified atom stereocenters. The van der Waals surface area contributed by atoms with Crippen LogP contribution in [0.15, 0.2) is 54.6 Å². The number of carbonyl (C=O) groups is 1. The Morgan fingerprint density at radius 1 is 1.16 bits per heavy atom. The van der Waals surface area contributed by atoms with Crippen molar-refractivity contribution in [1.29, 1.82) is 0 Å². The molecule has 5 heteroatoms. The number of benzene rings is 2. The van der Waals surface area contributed by atoms with Crippen LogP contribution in [0.3, 0.4) is 0 Å². The Morgan fingerprint density at radius 2 is 1.80 bits per heavy atom. The number of ether oxygens (including phenoxy) is 1. The van der Waals surface area contributed by atoms with E-state index in [1.165, 1.54) is 0 Å². The van der Waals surface area contributed by atoms with Crippen LogP contribution in [0.2, 0.25) is 0 Å². The van der Waals surface area contributed by atoms with E-state index < -0.39 is 17.4 Å². The molecule has 134 valence electrons. The van der Waals surface area contributed by atoms with Gasteiger partial charge in [0.05, 0.1) is 19.1 Å². The van der Waals surface area contributed by atoms with Gasteiger partial charge in [0.25, 0.3) is 0 Å². The lowest BCUT2D eigenvalue weighted by atomic mass is 9.73. The fourth-order valence-electron chi connectivity index (χ4n) is 2.95. The highest BCUT2D eigenvalue weighted by Gasteiger charge is 2.38. The van der Waals surface area contributed by atoms with E-state index in [9.17, 15) is 15.0 Å². The highest BCUT2D eigenvalue weighted by atomic mass is 16.5. The lowest BCUT2D eigenvalue weighted by molar-refractivity contribution is -0.121. The summed E-state index contributed by atoms with van der Waals surface area (Å²) in [5.41, 5.74) is 6.09. The van der Waals surface area contributed by atoms with Gasteiger partial charge in [-0.05, 0) is 29.7 Å². The molecule has 2 rings (SSSR count). The van der Waals surface area contributed by atoms with Crippen LogP contribution in [0.25, 0.3) is 0 Å².